The Morgan fingerprint density at radius 1 is 1.14 bits per heavy atom. The third-order valence-corrected chi connectivity index (χ3v) is 4.18. The lowest BCUT2D eigenvalue weighted by Gasteiger charge is -2.32. The van der Waals surface area contributed by atoms with Crippen LogP contribution in [0.4, 0.5) is 0 Å². The van der Waals surface area contributed by atoms with Crippen LogP contribution in [0.15, 0.2) is 63.9 Å². The van der Waals surface area contributed by atoms with Crippen molar-refractivity contribution < 1.29 is 5.21 Å². The van der Waals surface area contributed by atoms with Crippen LogP contribution in [0.1, 0.15) is 53.9 Å². The van der Waals surface area contributed by atoms with Crippen molar-refractivity contribution in [3.63, 3.8) is 0 Å². The van der Waals surface area contributed by atoms with Gasteiger partial charge in [-0.2, -0.15) is 0 Å². The number of hydrogen-bond donors (Lipinski definition) is 1. The van der Waals surface area contributed by atoms with E-state index in [9.17, 15) is 0 Å². The first-order valence-electron chi connectivity index (χ1n) is 7.94. The maximum absolute atomic E-state index is 8.36. The molecule has 1 aliphatic rings. The van der Waals surface area contributed by atoms with Crippen LogP contribution in [0.2, 0.25) is 0 Å². The molecule has 0 saturated heterocycles. The van der Waals surface area contributed by atoms with Crippen molar-refractivity contribution in [3.8, 4) is 0 Å². The molecule has 0 aromatic carbocycles. The van der Waals surface area contributed by atoms with Crippen LogP contribution in [0.5, 0.6) is 0 Å². The summed E-state index contributed by atoms with van der Waals surface area (Å²) in [4.78, 5) is 0. The number of nitrogens with zero attached hydrogens (tertiary/aromatic N) is 1. The lowest BCUT2D eigenvalue weighted by molar-refractivity contribution is 0.322. The summed E-state index contributed by atoms with van der Waals surface area (Å²) < 4.78 is 0. The molecule has 0 fully saturated rings. The van der Waals surface area contributed by atoms with Gasteiger partial charge in [-0.25, -0.2) is 0 Å². The van der Waals surface area contributed by atoms with Crippen LogP contribution in [0, 0.1) is 5.41 Å². The molecule has 0 bridgehead atoms. The predicted octanol–water partition coefficient (Wildman–Crippen LogP) is 5.98. The Balaban J connectivity index is 2.77. The molecule has 0 aliphatic heterocycles. The molecule has 22 heavy (non-hydrogen) atoms. The van der Waals surface area contributed by atoms with E-state index in [1.165, 1.54) is 42.2 Å². The summed E-state index contributed by atoms with van der Waals surface area (Å²) in [6.07, 6.45) is 17.5. The molecular formula is C20H29NO. The van der Waals surface area contributed by atoms with E-state index in [4.69, 9.17) is 5.21 Å². The van der Waals surface area contributed by atoms with Crippen LogP contribution in [-0.2, 0) is 0 Å². The highest BCUT2D eigenvalue weighted by atomic mass is 16.4. The molecule has 2 nitrogen and oxygen atoms in total. The molecule has 120 valence electrons. The van der Waals surface area contributed by atoms with Crippen LogP contribution in [0.25, 0.3) is 0 Å². The molecule has 0 aromatic rings. The van der Waals surface area contributed by atoms with Gasteiger partial charge in [-0.05, 0) is 62.7 Å². The molecule has 0 atom stereocenters. The van der Waals surface area contributed by atoms with Crippen molar-refractivity contribution >= 4 is 6.21 Å². The Bertz CT molecular complexity index is 554. The summed E-state index contributed by atoms with van der Waals surface area (Å²) in [5.41, 5.74) is 5.57. The van der Waals surface area contributed by atoms with Crippen LogP contribution in [-0.4, -0.2) is 11.4 Å². The summed E-state index contributed by atoms with van der Waals surface area (Å²) >= 11 is 0. The van der Waals surface area contributed by atoms with Gasteiger partial charge in [-0.1, -0.05) is 60.5 Å². The minimum atomic E-state index is 0.290. The molecule has 1 N–H and O–H groups in total. The first kappa shape index (κ1) is 18.2. The number of rotatable bonds is 5. The van der Waals surface area contributed by atoms with Crippen LogP contribution in [0.3, 0.4) is 0 Å². The monoisotopic (exact) mass is 299 g/mol. The number of oxime groups is 1. The van der Waals surface area contributed by atoms with Crippen molar-refractivity contribution in [1.82, 2.24) is 0 Å². The van der Waals surface area contributed by atoms with E-state index in [0.717, 1.165) is 5.57 Å². The molecule has 0 heterocycles. The first-order chi connectivity index (χ1) is 10.4. The molecule has 1 rings (SSSR count). The van der Waals surface area contributed by atoms with Gasteiger partial charge in [0, 0.05) is 0 Å². The molecule has 0 radical (unpaired) electrons. The normalized spacial score (nSPS) is 20.8. The van der Waals surface area contributed by atoms with Gasteiger partial charge < -0.3 is 5.21 Å². The van der Waals surface area contributed by atoms with Gasteiger partial charge in [0.2, 0.25) is 0 Å². The van der Waals surface area contributed by atoms with E-state index in [0.29, 0.717) is 0 Å². The van der Waals surface area contributed by atoms with Crippen molar-refractivity contribution in [2.75, 3.05) is 0 Å². The zero-order chi connectivity index (χ0) is 16.6. The highest BCUT2D eigenvalue weighted by Gasteiger charge is 2.26. The van der Waals surface area contributed by atoms with E-state index in [1.54, 1.807) is 6.08 Å². The Morgan fingerprint density at radius 3 is 2.45 bits per heavy atom. The Labute approximate surface area is 135 Å². The molecule has 0 unspecified atom stereocenters. The maximum atomic E-state index is 8.36. The predicted molar refractivity (Wildman–Crippen MR) is 96.4 cm³/mol. The maximum Gasteiger partial charge on any atom is 0.0664 e. The average molecular weight is 299 g/mol. The molecule has 0 spiro atoms. The third kappa shape index (κ3) is 5.88. The molecular weight excluding hydrogens is 270 g/mol. The topological polar surface area (TPSA) is 32.6 Å². The van der Waals surface area contributed by atoms with E-state index in [-0.39, 0.29) is 5.41 Å². The van der Waals surface area contributed by atoms with E-state index in [1.807, 2.05) is 19.1 Å². The highest BCUT2D eigenvalue weighted by molar-refractivity contribution is 5.72. The molecule has 0 saturated carbocycles. The molecule has 0 aromatic heterocycles. The largest absolute Gasteiger partial charge is 0.411 e. The average Bonchev–Trinajstić information content (AvgIpc) is 2.43. The SMILES string of the molecule is CC1=C(/C=C/C(C)=C\C=C/C(C)=C/C=N/O)C(C)(C)CCC1. The van der Waals surface area contributed by atoms with Gasteiger partial charge in [0.15, 0.2) is 0 Å². The fourth-order valence-electron chi connectivity index (χ4n) is 2.84. The Hall–Kier alpha value is -1.83. The van der Waals surface area contributed by atoms with Gasteiger partial charge in [-0.15, -0.1) is 0 Å². The third-order valence-electron chi connectivity index (χ3n) is 4.18. The van der Waals surface area contributed by atoms with Gasteiger partial charge in [0.25, 0.3) is 0 Å². The minimum absolute atomic E-state index is 0.290. The summed E-state index contributed by atoms with van der Waals surface area (Å²) in [7, 11) is 0. The summed E-state index contributed by atoms with van der Waals surface area (Å²) in [6, 6.07) is 0. The second-order valence-electron chi connectivity index (χ2n) is 6.71. The van der Waals surface area contributed by atoms with Crippen molar-refractivity contribution in [2.24, 2.45) is 10.6 Å². The van der Waals surface area contributed by atoms with Crippen molar-refractivity contribution in [2.45, 2.75) is 53.9 Å². The molecule has 1 aliphatic carbocycles. The standard InChI is InChI=1S/C20H29NO/c1-16(8-6-9-17(2)13-15-21-22)11-12-19-18(3)10-7-14-20(19,4)5/h6,8-9,11-13,15,22H,7,10,14H2,1-5H3/b9-6-,12-11+,16-8-,17-13+,21-15+. The second-order valence-corrected chi connectivity index (χ2v) is 6.71. The zero-order valence-corrected chi connectivity index (χ0v) is 14.6. The second kappa shape index (κ2) is 8.57. The first-order valence-corrected chi connectivity index (χ1v) is 7.94. The quantitative estimate of drug-likeness (QED) is 0.288. The Morgan fingerprint density at radius 2 is 1.82 bits per heavy atom. The smallest absolute Gasteiger partial charge is 0.0664 e. The highest BCUT2D eigenvalue weighted by Crippen LogP contribution is 2.40. The van der Waals surface area contributed by atoms with Gasteiger partial charge >= 0.3 is 0 Å². The lowest BCUT2D eigenvalue weighted by Crippen LogP contribution is -2.19. The lowest BCUT2D eigenvalue weighted by atomic mass is 9.72. The van der Waals surface area contributed by atoms with Crippen molar-refractivity contribution in [3.05, 3.63) is 58.7 Å². The summed E-state index contributed by atoms with van der Waals surface area (Å²) in [5.74, 6) is 0. The van der Waals surface area contributed by atoms with Crippen LogP contribution < -0.4 is 0 Å². The number of allylic oxidation sites excluding steroid dienone is 10. The summed E-state index contributed by atoms with van der Waals surface area (Å²) in [5, 5.41) is 11.3. The van der Waals surface area contributed by atoms with Gasteiger partial charge in [0.05, 0.1) is 6.21 Å². The van der Waals surface area contributed by atoms with E-state index >= 15 is 0 Å². The Kier molecular flexibility index (Phi) is 7.10. The van der Waals surface area contributed by atoms with E-state index < -0.39 is 0 Å². The fourth-order valence-corrected chi connectivity index (χ4v) is 2.84. The van der Waals surface area contributed by atoms with Gasteiger partial charge in [-0.3, -0.25) is 0 Å². The van der Waals surface area contributed by atoms with Gasteiger partial charge in [0.1, 0.15) is 0 Å². The fraction of sp³-hybridized carbons (Fsp3) is 0.450. The van der Waals surface area contributed by atoms with E-state index in [2.05, 4.69) is 51.1 Å². The minimum Gasteiger partial charge on any atom is -0.411 e. The number of hydrogen-bond acceptors (Lipinski definition) is 2. The van der Waals surface area contributed by atoms with Crippen molar-refractivity contribution in [1.29, 1.82) is 0 Å². The van der Waals surface area contributed by atoms with Crippen LogP contribution >= 0.6 is 0 Å². The summed E-state index contributed by atoms with van der Waals surface area (Å²) in [6.45, 7) is 11.0. The zero-order valence-electron chi connectivity index (χ0n) is 14.6. The molecule has 0 amide bonds. The molecule has 2 heteroatoms.